The van der Waals surface area contributed by atoms with E-state index in [9.17, 15) is 9.59 Å². The molecular weight excluding hydrogens is 280 g/mol. The summed E-state index contributed by atoms with van der Waals surface area (Å²) in [5, 5.41) is 2.76. The molecule has 1 saturated heterocycles. The summed E-state index contributed by atoms with van der Waals surface area (Å²) in [7, 11) is 1.60. The van der Waals surface area contributed by atoms with Crippen LogP contribution in [0.2, 0.25) is 0 Å². The number of Topliss-reactive ketones (excluding diaryl/α,β-unsaturated/α-hetero) is 1. The number of urea groups is 1. The number of nitrogens with one attached hydrogen (secondary N) is 1. The maximum Gasteiger partial charge on any atom is 0.317 e. The molecule has 1 aromatic carbocycles. The van der Waals surface area contributed by atoms with E-state index in [1.54, 1.807) is 42.4 Å². The van der Waals surface area contributed by atoms with Crippen molar-refractivity contribution in [1.29, 1.82) is 0 Å². The van der Waals surface area contributed by atoms with Crippen molar-refractivity contribution in [3.8, 4) is 5.75 Å². The maximum absolute atomic E-state index is 12.5. The average Bonchev–Trinajstić information content (AvgIpc) is 2.59. The summed E-state index contributed by atoms with van der Waals surface area (Å²) in [6, 6.07) is 7.10. The van der Waals surface area contributed by atoms with E-state index < -0.39 is 0 Å². The minimum Gasteiger partial charge on any atom is -0.497 e. The lowest BCUT2D eigenvalue weighted by atomic mass is 9.89. The molecule has 2 rings (SSSR count). The predicted molar refractivity (Wildman–Crippen MR) is 85.2 cm³/mol. The highest BCUT2D eigenvalue weighted by Gasteiger charge is 2.27. The molecule has 118 valence electrons. The molecule has 0 spiro atoms. The summed E-state index contributed by atoms with van der Waals surface area (Å²) < 4.78 is 5.10. The molecule has 0 aliphatic carbocycles. The van der Waals surface area contributed by atoms with Gasteiger partial charge in [-0.2, -0.15) is 0 Å². The Morgan fingerprint density at radius 3 is 2.50 bits per heavy atom. The Hall–Kier alpha value is -2.30. The number of piperidine rings is 1. The Morgan fingerprint density at radius 2 is 1.95 bits per heavy atom. The van der Waals surface area contributed by atoms with Gasteiger partial charge in [-0.15, -0.1) is 6.58 Å². The van der Waals surface area contributed by atoms with Crippen LogP contribution in [0.1, 0.15) is 23.2 Å². The third-order valence-corrected chi connectivity index (χ3v) is 3.93. The number of nitrogens with zero attached hydrogens (tertiary/aromatic N) is 1. The van der Waals surface area contributed by atoms with Crippen LogP contribution in [-0.4, -0.2) is 43.5 Å². The summed E-state index contributed by atoms with van der Waals surface area (Å²) in [4.78, 5) is 26.1. The van der Waals surface area contributed by atoms with E-state index >= 15 is 0 Å². The first-order chi connectivity index (χ1) is 10.7. The molecular formula is C17H22N2O3. The van der Waals surface area contributed by atoms with Crippen molar-refractivity contribution < 1.29 is 14.3 Å². The van der Waals surface area contributed by atoms with Gasteiger partial charge in [0.2, 0.25) is 0 Å². The first kappa shape index (κ1) is 16.1. The minimum absolute atomic E-state index is 0.0168. The van der Waals surface area contributed by atoms with Gasteiger partial charge in [-0.05, 0) is 37.1 Å². The van der Waals surface area contributed by atoms with Crippen LogP contribution in [0.4, 0.5) is 4.79 Å². The minimum atomic E-state index is -0.0877. The molecule has 5 nitrogen and oxygen atoms in total. The first-order valence-electron chi connectivity index (χ1n) is 7.47. The number of carbonyl (C=O) groups excluding carboxylic acids is 2. The smallest absolute Gasteiger partial charge is 0.317 e. The molecule has 1 N–H and O–H groups in total. The quantitative estimate of drug-likeness (QED) is 0.671. The molecule has 0 aromatic heterocycles. The number of carbonyl (C=O) groups is 2. The largest absolute Gasteiger partial charge is 0.497 e. The zero-order chi connectivity index (χ0) is 15.9. The lowest BCUT2D eigenvalue weighted by molar-refractivity contribution is 0.0855. The molecule has 1 fully saturated rings. The van der Waals surface area contributed by atoms with Gasteiger partial charge in [0.05, 0.1) is 7.11 Å². The fourth-order valence-electron chi connectivity index (χ4n) is 2.61. The van der Waals surface area contributed by atoms with Crippen LogP contribution in [0.5, 0.6) is 5.75 Å². The van der Waals surface area contributed by atoms with E-state index in [0.29, 0.717) is 38.0 Å². The van der Waals surface area contributed by atoms with Gasteiger partial charge in [0.25, 0.3) is 0 Å². The maximum atomic E-state index is 12.5. The van der Waals surface area contributed by atoms with Gasteiger partial charge in [-0.1, -0.05) is 6.08 Å². The first-order valence-corrected chi connectivity index (χ1v) is 7.47. The van der Waals surface area contributed by atoms with Crippen molar-refractivity contribution in [2.45, 2.75) is 12.8 Å². The van der Waals surface area contributed by atoms with Crippen molar-refractivity contribution in [2.75, 3.05) is 26.7 Å². The van der Waals surface area contributed by atoms with Crippen LogP contribution in [0.15, 0.2) is 36.9 Å². The van der Waals surface area contributed by atoms with Gasteiger partial charge in [-0.25, -0.2) is 4.79 Å². The van der Waals surface area contributed by atoms with Crippen LogP contribution in [-0.2, 0) is 0 Å². The fraction of sp³-hybridized carbons (Fsp3) is 0.412. The second-order valence-corrected chi connectivity index (χ2v) is 5.33. The van der Waals surface area contributed by atoms with Crippen LogP contribution in [0.3, 0.4) is 0 Å². The van der Waals surface area contributed by atoms with Gasteiger partial charge < -0.3 is 15.0 Å². The SMILES string of the molecule is C=CCNC(=O)N1CCC(C(=O)c2ccc(OC)cc2)CC1. The molecule has 0 radical (unpaired) electrons. The van der Waals surface area contributed by atoms with Crippen molar-refractivity contribution in [1.82, 2.24) is 10.2 Å². The Bertz CT molecular complexity index is 531. The summed E-state index contributed by atoms with van der Waals surface area (Å²) in [6.07, 6.45) is 3.05. The topological polar surface area (TPSA) is 58.6 Å². The van der Waals surface area contributed by atoms with E-state index in [1.165, 1.54) is 0 Å². The van der Waals surface area contributed by atoms with Gasteiger partial charge in [0.15, 0.2) is 5.78 Å². The molecule has 1 aromatic rings. The van der Waals surface area contributed by atoms with E-state index in [4.69, 9.17) is 4.74 Å². The summed E-state index contributed by atoms with van der Waals surface area (Å²) in [6.45, 7) is 5.25. The zero-order valence-corrected chi connectivity index (χ0v) is 12.9. The molecule has 22 heavy (non-hydrogen) atoms. The van der Waals surface area contributed by atoms with Gasteiger partial charge in [0, 0.05) is 31.1 Å². The average molecular weight is 302 g/mol. The Labute approximate surface area is 130 Å². The van der Waals surface area contributed by atoms with Crippen LogP contribution < -0.4 is 10.1 Å². The number of ketones is 1. The number of hydrogen-bond acceptors (Lipinski definition) is 3. The second kappa shape index (κ2) is 7.64. The Kier molecular flexibility index (Phi) is 5.58. The summed E-state index contributed by atoms with van der Waals surface area (Å²) in [5.74, 6) is 0.871. The number of rotatable bonds is 5. The number of ether oxygens (including phenoxy) is 1. The van der Waals surface area contributed by atoms with Gasteiger partial charge >= 0.3 is 6.03 Å². The number of benzene rings is 1. The number of likely N-dealkylation sites (tertiary alicyclic amines) is 1. The Balaban J connectivity index is 1.88. The molecule has 5 heteroatoms. The molecule has 1 aliphatic heterocycles. The zero-order valence-electron chi connectivity index (χ0n) is 12.9. The van der Waals surface area contributed by atoms with Crippen LogP contribution in [0, 0.1) is 5.92 Å². The van der Waals surface area contributed by atoms with E-state index in [2.05, 4.69) is 11.9 Å². The molecule has 1 heterocycles. The third kappa shape index (κ3) is 3.87. The number of hydrogen-bond donors (Lipinski definition) is 1. The fourth-order valence-corrected chi connectivity index (χ4v) is 2.61. The monoisotopic (exact) mass is 302 g/mol. The summed E-state index contributed by atoms with van der Waals surface area (Å²) >= 11 is 0. The summed E-state index contributed by atoms with van der Waals surface area (Å²) in [5.41, 5.74) is 0.704. The molecule has 0 saturated carbocycles. The van der Waals surface area contributed by atoms with Gasteiger partial charge in [0.1, 0.15) is 5.75 Å². The van der Waals surface area contributed by atoms with E-state index in [0.717, 1.165) is 5.75 Å². The molecule has 2 amide bonds. The second-order valence-electron chi connectivity index (χ2n) is 5.33. The van der Waals surface area contributed by atoms with Crippen molar-refractivity contribution >= 4 is 11.8 Å². The molecule has 0 bridgehead atoms. The van der Waals surface area contributed by atoms with Crippen LogP contribution in [0.25, 0.3) is 0 Å². The van der Waals surface area contributed by atoms with Gasteiger partial charge in [-0.3, -0.25) is 4.79 Å². The van der Waals surface area contributed by atoms with Crippen molar-refractivity contribution in [2.24, 2.45) is 5.92 Å². The van der Waals surface area contributed by atoms with Crippen LogP contribution >= 0.6 is 0 Å². The third-order valence-electron chi connectivity index (χ3n) is 3.93. The van der Waals surface area contributed by atoms with E-state index in [-0.39, 0.29) is 17.7 Å². The Morgan fingerprint density at radius 1 is 1.32 bits per heavy atom. The standard InChI is InChI=1S/C17H22N2O3/c1-3-10-18-17(21)19-11-8-14(9-12-19)16(20)13-4-6-15(22-2)7-5-13/h3-7,14H,1,8-12H2,2H3,(H,18,21). The number of methoxy groups -OCH3 is 1. The lowest BCUT2D eigenvalue weighted by Gasteiger charge is -2.31. The highest BCUT2D eigenvalue weighted by Crippen LogP contribution is 2.23. The molecule has 0 atom stereocenters. The normalized spacial score (nSPS) is 15.2. The lowest BCUT2D eigenvalue weighted by Crippen LogP contribution is -2.45. The molecule has 1 aliphatic rings. The molecule has 0 unspecified atom stereocenters. The van der Waals surface area contributed by atoms with Crippen molar-refractivity contribution in [3.63, 3.8) is 0 Å². The van der Waals surface area contributed by atoms with Crippen molar-refractivity contribution in [3.05, 3.63) is 42.5 Å². The highest BCUT2D eigenvalue weighted by molar-refractivity contribution is 5.98. The number of amides is 2. The van der Waals surface area contributed by atoms with E-state index in [1.807, 2.05) is 0 Å². The highest BCUT2D eigenvalue weighted by atomic mass is 16.5. The predicted octanol–water partition coefficient (Wildman–Crippen LogP) is 2.49.